The second-order valence-electron chi connectivity index (χ2n) is 4.77. The van der Waals surface area contributed by atoms with Gasteiger partial charge in [0.2, 0.25) is 0 Å². The van der Waals surface area contributed by atoms with Crippen LogP contribution in [0.5, 0.6) is 0 Å². The standard InChI is InChI=1S/C13H18N2O3S/c1-14(2)19(17,18)15-9-7-11-5-3-4-6-12(11)13(16)8-10-15/h3-6H,7-10H2,1-2H3. The highest BCUT2D eigenvalue weighted by Gasteiger charge is 2.27. The molecule has 0 fully saturated rings. The average Bonchev–Trinajstić information content (AvgIpc) is 2.36. The molecule has 0 spiro atoms. The molecule has 0 radical (unpaired) electrons. The van der Waals surface area contributed by atoms with Crippen LogP contribution in [0.3, 0.4) is 0 Å². The van der Waals surface area contributed by atoms with Crippen LogP contribution in [0.15, 0.2) is 24.3 Å². The Labute approximate surface area is 114 Å². The second kappa shape index (κ2) is 5.40. The lowest BCUT2D eigenvalue weighted by molar-refractivity contribution is 0.0971. The molecule has 0 atom stereocenters. The summed E-state index contributed by atoms with van der Waals surface area (Å²) in [5, 5.41) is 0. The predicted molar refractivity (Wildman–Crippen MR) is 73.3 cm³/mol. The zero-order chi connectivity index (χ0) is 14.0. The third-order valence-corrected chi connectivity index (χ3v) is 5.26. The smallest absolute Gasteiger partial charge is 0.281 e. The molecule has 1 aliphatic heterocycles. The Bertz CT molecular complexity index is 581. The maximum absolute atomic E-state index is 12.1. The summed E-state index contributed by atoms with van der Waals surface area (Å²) in [6.45, 7) is 0.651. The van der Waals surface area contributed by atoms with Crippen LogP contribution >= 0.6 is 0 Å². The molecule has 0 unspecified atom stereocenters. The molecular formula is C13H18N2O3S. The minimum Gasteiger partial charge on any atom is -0.294 e. The molecule has 0 N–H and O–H groups in total. The summed E-state index contributed by atoms with van der Waals surface area (Å²) in [5.74, 6) is 0.00857. The Balaban J connectivity index is 2.29. The molecule has 1 aromatic rings. The van der Waals surface area contributed by atoms with Crippen LogP contribution in [0.2, 0.25) is 0 Å². The van der Waals surface area contributed by atoms with Crippen LogP contribution in [0, 0.1) is 0 Å². The van der Waals surface area contributed by atoms with Crippen LogP contribution in [0.1, 0.15) is 22.3 Å². The molecular weight excluding hydrogens is 264 g/mol. The Morgan fingerprint density at radius 1 is 1.11 bits per heavy atom. The van der Waals surface area contributed by atoms with Crippen LogP contribution in [0.25, 0.3) is 0 Å². The van der Waals surface area contributed by atoms with Crippen molar-refractivity contribution in [3.63, 3.8) is 0 Å². The Morgan fingerprint density at radius 2 is 1.74 bits per heavy atom. The van der Waals surface area contributed by atoms with E-state index in [4.69, 9.17) is 0 Å². The van der Waals surface area contributed by atoms with Crippen molar-refractivity contribution in [1.82, 2.24) is 8.61 Å². The molecule has 1 aromatic carbocycles. The van der Waals surface area contributed by atoms with E-state index in [-0.39, 0.29) is 18.7 Å². The summed E-state index contributed by atoms with van der Waals surface area (Å²) < 4.78 is 26.8. The number of hydrogen-bond acceptors (Lipinski definition) is 3. The van der Waals surface area contributed by atoms with Gasteiger partial charge in [-0.25, -0.2) is 0 Å². The van der Waals surface area contributed by atoms with Crippen LogP contribution in [-0.2, 0) is 16.6 Å². The molecule has 19 heavy (non-hydrogen) atoms. The van der Waals surface area contributed by atoms with Gasteiger partial charge in [0, 0.05) is 39.2 Å². The van der Waals surface area contributed by atoms with Gasteiger partial charge in [-0.05, 0) is 12.0 Å². The zero-order valence-electron chi connectivity index (χ0n) is 11.2. The molecule has 2 rings (SSSR count). The fourth-order valence-electron chi connectivity index (χ4n) is 2.19. The predicted octanol–water partition coefficient (Wildman–Crippen LogP) is 0.924. The molecule has 6 heteroatoms. The third kappa shape index (κ3) is 2.86. The third-order valence-electron chi connectivity index (χ3n) is 3.32. The highest BCUT2D eigenvalue weighted by molar-refractivity contribution is 7.86. The van der Waals surface area contributed by atoms with Crippen LogP contribution in [-0.4, -0.2) is 50.0 Å². The first-order valence-electron chi connectivity index (χ1n) is 6.21. The molecule has 0 bridgehead atoms. The minimum absolute atomic E-state index is 0.00857. The van der Waals surface area contributed by atoms with Gasteiger partial charge < -0.3 is 0 Å². The molecule has 5 nitrogen and oxygen atoms in total. The Hall–Kier alpha value is -1.24. The van der Waals surface area contributed by atoms with Crippen molar-refractivity contribution in [3.05, 3.63) is 35.4 Å². The maximum atomic E-state index is 12.1. The second-order valence-corrected chi connectivity index (χ2v) is 6.91. The molecule has 1 heterocycles. The molecule has 0 saturated carbocycles. The molecule has 0 aromatic heterocycles. The van der Waals surface area contributed by atoms with Gasteiger partial charge in [-0.3, -0.25) is 4.79 Å². The SMILES string of the molecule is CN(C)S(=O)(=O)N1CCC(=O)c2ccccc2CC1. The molecule has 104 valence electrons. The number of ketones is 1. The number of rotatable bonds is 2. The number of carbonyl (C=O) groups excluding carboxylic acids is 1. The van der Waals surface area contributed by atoms with Crippen LogP contribution < -0.4 is 0 Å². The van der Waals surface area contributed by atoms with E-state index in [0.29, 0.717) is 13.0 Å². The summed E-state index contributed by atoms with van der Waals surface area (Å²) in [6.07, 6.45) is 0.791. The molecule has 0 aliphatic carbocycles. The number of fused-ring (bicyclic) bond motifs is 1. The summed E-state index contributed by atoms with van der Waals surface area (Å²) in [4.78, 5) is 12.1. The fourth-order valence-corrected chi connectivity index (χ4v) is 3.30. The largest absolute Gasteiger partial charge is 0.294 e. The van der Waals surface area contributed by atoms with Crippen molar-refractivity contribution in [1.29, 1.82) is 0 Å². The lowest BCUT2D eigenvalue weighted by Crippen LogP contribution is -2.43. The quantitative estimate of drug-likeness (QED) is 0.810. The first kappa shape index (κ1) is 14.2. The number of nitrogens with zero attached hydrogens (tertiary/aromatic N) is 2. The van der Waals surface area contributed by atoms with Crippen molar-refractivity contribution < 1.29 is 13.2 Å². The van der Waals surface area contributed by atoms with E-state index in [1.807, 2.05) is 24.3 Å². The molecule has 0 saturated heterocycles. The summed E-state index contributed by atoms with van der Waals surface area (Å²) in [6, 6.07) is 7.41. The lowest BCUT2D eigenvalue weighted by Gasteiger charge is -2.27. The van der Waals surface area contributed by atoms with Crippen molar-refractivity contribution in [2.24, 2.45) is 0 Å². The Kier molecular flexibility index (Phi) is 4.03. The summed E-state index contributed by atoms with van der Waals surface area (Å²) >= 11 is 0. The average molecular weight is 282 g/mol. The first-order chi connectivity index (χ1) is 8.93. The van der Waals surface area contributed by atoms with Gasteiger partial charge in [0.15, 0.2) is 5.78 Å². The van der Waals surface area contributed by atoms with Gasteiger partial charge in [-0.15, -0.1) is 0 Å². The molecule has 0 amide bonds. The number of carbonyl (C=O) groups is 1. The number of benzene rings is 1. The van der Waals surface area contributed by atoms with Crippen molar-refractivity contribution in [2.45, 2.75) is 12.8 Å². The van der Waals surface area contributed by atoms with E-state index in [9.17, 15) is 13.2 Å². The number of hydrogen-bond donors (Lipinski definition) is 0. The van der Waals surface area contributed by atoms with Gasteiger partial charge in [0.25, 0.3) is 10.2 Å². The van der Waals surface area contributed by atoms with E-state index >= 15 is 0 Å². The van der Waals surface area contributed by atoms with Crippen molar-refractivity contribution >= 4 is 16.0 Å². The lowest BCUT2D eigenvalue weighted by atomic mass is 9.98. The maximum Gasteiger partial charge on any atom is 0.281 e. The van der Waals surface area contributed by atoms with Crippen molar-refractivity contribution in [2.75, 3.05) is 27.2 Å². The topological polar surface area (TPSA) is 57.7 Å². The van der Waals surface area contributed by atoms with Gasteiger partial charge in [-0.1, -0.05) is 24.3 Å². The monoisotopic (exact) mass is 282 g/mol. The zero-order valence-corrected chi connectivity index (χ0v) is 12.0. The summed E-state index contributed by atoms with van der Waals surface area (Å²) in [5.41, 5.74) is 1.65. The minimum atomic E-state index is -3.45. The highest BCUT2D eigenvalue weighted by Crippen LogP contribution is 2.18. The van der Waals surface area contributed by atoms with Gasteiger partial charge in [-0.2, -0.15) is 17.0 Å². The van der Waals surface area contributed by atoms with E-state index in [1.54, 1.807) is 0 Å². The van der Waals surface area contributed by atoms with E-state index in [2.05, 4.69) is 0 Å². The fraction of sp³-hybridized carbons (Fsp3) is 0.462. The van der Waals surface area contributed by atoms with E-state index < -0.39 is 10.2 Å². The Morgan fingerprint density at radius 3 is 2.42 bits per heavy atom. The van der Waals surface area contributed by atoms with Gasteiger partial charge in [0.05, 0.1) is 0 Å². The number of Topliss-reactive ketones (excluding diaryl/α,β-unsaturated/α-hetero) is 1. The first-order valence-corrected chi connectivity index (χ1v) is 7.61. The van der Waals surface area contributed by atoms with E-state index in [1.165, 1.54) is 22.7 Å². The normalized spacial score (nSPS) is 17.9. The van der Waals surface area contributed by atoms with Gasteiger partial charge >= 0.3 is 0 Å². The van der Waals surface area contributed by atoms with Crippen LogP contribution in [0.4, 0.5) is 0 Å². The molecule has 1 aliphatic rings. The van der Waals surface area contributed by atoms with Crippen molar-refractivity contribution in [3.8, 4) is 0 Å². The highest BCUT2D eigenvalue weighted by atomic mass is 32.2. The summed E-state index contributed by atoms with van der Waals surface area (Å²) in [7, 11) is -0.443. The van der Waals surface area contributed by atoms with Gasteiger partial charge in [0.1, 0.15) is 0 Å². The van der Waals surface area contributed by atoms with E-state index in [0.717, 1.165) is 11.1 Å².